The van der Waals surface area contributed by atoms with Crippen molar-refractivity contribution < 1.29 is 24.3 Å². The van der Waals surface area contributed by atoms with Crippen LogP contribution in [0.1, 0.15) is 74.1 Å². The van der Waals surface area contributed by atoms with Crippen LogP contribution in [0.5, 0.6) is 0 Å². The number of aromatic carboxylic acids is 1. The molecule has 16 heteroatoms. The average molecular weight is 666 g/mol. The second-order valence-corrected chi connectivity index (χ2v) is 11.4. The first-order valence-corrected chi connectivity index (χ1v) is 15.8. The molecule has 252 valence electrons. The molecule has 16 nitrogen and oxygen atoms in total. The molecular weight excluding hydrogens is 630 g/mol. The molecule has 6 aromatic rings. The summed E-state index contributed by atoms with van der Waals surface area (Å²) in [6.07, 6.45) is 2.77. The fourth-order valence-electron chi connectivity index (χ4n) is 5.81. The van der Waals surface area contributed by atoms with Crippen molar-refractivity contribution >= 4 is 57.7 Å². The number of amides is 3. The number of anilines is 2. The number of carboxylic acids is 1. The van der Waals surface area contributed by atoms with Gasteiger partial charge in [0, 0.05) is 37.9 Å². The van der Waals surface area contributed by atoms with Gasteiger partial charge in [-0.2, -0.15) is 10.2 Å². The maximum absolute atomic E-state index is 13.4. The lowest BCUT2D eigenvalue weighted by Gasteiger charge is -2.13. The van der Waals surface area contributed by atoms with E-state index in [0.29, 0.717) is 89.7 Å². The number of nitrogens with two attached hydrogens (primary N) is 1. The highest BCUT2D eigenvalue weighted by Crippen LogP contribution is 2.25. The van der Waals surface area contributed by atoms with Crippen LogP contribution in [0.4, 0.5) is 11.9 Å². The highest BCUT2D eigenvalue weighted by Gasteiger charge is 2.21. The number of carboxylic acid groups (broad SMARTS) is 1. The number of primary amides is 1. The summed E-state index contributed by atoms with van der Waals surface area (Å²) < 4.78 is 6.90. The van der Waals surface area contributed by atoms with Crippen molar-refractivity contribution in [2.45, 2.75) is 59.8 Å². The highest BCUT2D eigenvalue weighted by molar-refractivity contribution is 6.04. The molecule has 0 unspecified atom stereocenters. The number of fused-ring (bicyclic) bond motifs is 2. The standard InChI is InChI=1S/C33H35N11O5/c1-4-43-26(12-13-35-43)29(46)38-32-37-23-18-21(31(48)49)9-11-25(23)42(32)15-7-6-14-41-24-10-8-20(28(34)45)17-22(24)36-33(41)39-30(47)27-16-19(3)40-44(27)5-2/h8-13,16-18H,4-7,14-15H2,1-3H3,(H2,34,45)(H,48,49)(H,36,39,47)(H,37,38,46). The van der Waals surface area contributed by atoms with Gasteiger partial charge in [-0.15, -0.1) is 0 Å². The van der Waals surface area contributed by atoms with Crippen LogP contribution in [0.15, 0.2) is 54.7 Å². The molecule has 4 heterocycles. The molecule has 0 aliphatic rings. The molecule has 0 spiro atoms. The molecule has 6 rings (SSSR count). The van der Waals surface area contributed by atoms with E-state index < -0.39 is 17.8 Å². The minimum absolute atomic E-state index is 0.0808. The van der Waals surface area contributed by atoms with Gasteiger partial charge in [0.25, 0.3) is 11.8 Å². The molecule has 3 amide bonds. The normalized spacial score (nSPS) is 11.3. The minimum Gasteiger partial charge on any atom is -0.478 e. The second-order valence-electron chi connectivity index (χ2n) is 11.4. The van der Waals surface area contributed by atoms with Gasteiger partial charge in [0.15, 0.2) is 0 Å². The zero-order valence-electron chi connectivity index (χ0n) is 27.2. The topological polar surface area (TPSA) is 210 Å². The predicted octanol–water partition coefficient (Wildman–Crippen LogP) is 3.91. The van der Waals surface area contributed by atoms with Crippen molar-refractivity contribution in [3.05, 3.63) is 82.9 Å². The Bertz CT molecular complexity index is 2240. The van der Waals surface area contributed by atoms with Crippen molar-refractivity contribution in [3.8, 4) is 0 Å². The van der Waals surface area contributed by atoms with E-state index in [9.17, 15) is 24.3 Å². The number of unbranched alkanes of at least 4 members (excludes halogenated alkanes) is 1. The lowest BCUT2D eigenvalue weighted by Crippen LogP contribution is -2.20. The summed E-state index contributed by atoms with van der Waals surface area (Å²) in [5, 5.41) is 23.8. The molecule has 0 radical (unpaired) electrons. The maximum Gasteiger partial charge on any atom is 0.335 e. The molecule has 5 N–H and O–H groups in total. The van der Waals surface area contributed by atoms with Gasteiger partial charge >= 0.3 is 5.97 Å². The van der Waals surface area contributed by atoms with E-state index in [1.165, 1.54) is 12.1 Å². The monoisotopic (exact) mass is 665 g/mol. The zero-order valence-corrected chi connectivity index (χ0v) is 27.2. The summed E-state index contributed by atoms with van der Waals surface area (Å²) in [4.78, 5) is 59.3. The van der Waals surface area contributed by atoms with Crippen LogP contribution >= 0.6 is 0 Å². The molecule has 0 fully saturated rings. The summed E-state index contributed by atoms with van der Waals surface area (Å²) in [7, 11) is 0. The largest absolute Gasteiger partial charge is 0.478 e. The van der Waals surface area contributed by atoms with Crippen LogP contribution in [0, 0.1) is 6.92 Å². The molecule has 0 saturated heterocycles. The van der Waals surface area contributed by atoms with Crippen molar-refractivity contribution in [1.29, 1.82) is 0 Å². The minimum atomic E-state index is -1.08. The van der Waals surface area contributed by atoms with Crippen molar-refractivity contribution in [2.75, 3.05) is 10.6 Å². The average Bonchev–Trinajstić information content (AvgIpc) is 3.86. The van der Waals surface area contributed by atoms with Crippen LogP contribution in [0.25, 0.3) is 22.1 Å². The number of nitrogens with one attached hydrogen (secondary N) is 2. The first-order chi connectivity index (χ1) is 23.6. The summed E-state index contributed by atoms with van der Waals surface area (Å²) >= 11 is 0. The molecule has 4 aromatic heterocycles. The van der Waals surface area contributed by atoms with Crippen LogP contribution < -0.4 is 16.4 Å². The summed E-state index contributed by atoms with van der Waals surface area (Å²) in [6, 6.07) is 12.9. The van der Waals surface area contributed by atoms with Gasteiger partial charge in [0.1, 0.15) is 11.4 Å². The van der Waals surface area contributed by atoms with E-state index in [4.69, 9.17) is 5.73 Å². The predicted molar refractivity (Wildman–Crippen MR) is 181 cm³/mol. The fraction of sp³-hybridized carbons (Fsp3) is 0.273. The van der Waals surface area contributed by atoms with Gasteiger partial charge in [-0.1, -0.05) is 0 Å². The van der Waals surface area contributed by atoms with Gasteiger partial charge in [-0.25, -0.2) is 14.8 Å². The van der Waals surface area contributed by atoms with Gasteiger partial charge in [-0.05, 0) is 82.1 Å². The SMILES string of the molecule is CCn1nccc1C(=O)Nc1nc2cc(C(=O)O)ccc2n1CCCCn1c(NC(=O)c2cc(C)nn2CC)nc2cc(C(N)=O)ccc21. The lowest BCUT2D eigenvalue weighted by atomic mass is 10.2. The number of hydrogen-bond acceptors (Lipinski definition) is 8. The van der Waals surface area contributed by atoms with Crippen LogP contribution in [0.3, 0.4) is 0 Å². The van der Waals surface area contributed by atoms with E-state index in [1.54, 1.807) is 52.0 Å². The van der Waals surface area contributed by atoms with Crippen molar-refractivity contribution in [2.24, 2.45) is 5.73 Å². The first kappa shape index (κ1) is 32.6. The number of benzene rings is 2. The first-order valence-electron chi connectivity index (χ1n) is 15.8. The van der Waals surface area contributed by atoms with Crippen LogP contribution in [0.2, 0.25) is 0 Å². The Kier molecular flexibility index (Phi) is 8.94. The number of aryl methyl sites for hydroxylation is 5. The van der Waals surface area contributed by atoms with E-state index >= 15 is 0 Å². The Hall–Kier alpha value is -6.32. The van der Waals surface area contributed by atoms with Crippen LogP contribution in [-0.2, 0) is 26.2 Å². The molecule has 0 aliphatic heterocycles. The third kappa shape index (κ3) is 6.47. The fourth-order valence-corrected chi connectivity index (χ4v) is 5.81. The van der Waals surface area contributed by atoms with Crippen LogP contribution in [-0.4, -0.2) is 67.5 Å². The number of hydrogen-bond donors (Lipinski definition) is 4. The van der Waals surface area contributed by atoms with E-state index in [0.717, 1.165) is 0 Å². The Morgan fingerprint density at radius 1 is 0.755 bits per heavy atom. The van der Waals surface area contributed by atoms with Gasteiger partial charge < -0.3 is 20.0 Å². The molecule has 49 heavy (non-hydrogen) atoms. The smallest absolute Gasteiger partial charge is 0.335 e. The Labute approximate surface area is 279 Å². The van der Waals surface area contributed by atoms with Gasteiger partial charge in [0.2, 0.25) is 17.8 Å². The number of carbonyl (C=O) groups excluding carboxylic acids is 3. The van der Waals surface area contributed by atoms with Gasteiger partial charge in [0.05, 0.1) is 33.3 Å². The Morgan fingerprint density at radius 3 is 1.86 bits per heavy atom. The number of carbonyl (C=O) groups is 4. The molecular formula is C33H35N11O5. The summed E-state index contributed by atoms with van der Waals surface area (Å²) in [6.45, 7) is 7.49. The maximum atomic E-state index is 13.4. The van der Waals surface area contributed by atoms with Crippen molar-refractivity contribution in [1.82, 2.24) is 38.7 Å². The van der Waals surface area contributed by atoms with E-state index in [1.807, 2.05) is 29.9 Å². The Morgan fingerprint density at radius 2 is 1.31 bits per heavy atom. The third-order valence-electron chi connectivity index (χ3n) is 8.18. The second kappa shape index (κ2) is 13.4. The molecule has 0 bridgehead atoms. The molecule has 2 aromatic carbocycles. The number of nitrogens with zero attached hydrogens (tertiary/aromatic N) is 8. The molecule has 0 atom stereocenters. The highest BCUT2D eigenvalue weighted by atomic mass is 16.4. The molecule has 0 aliphatic carbocycles. The lowest BCUT2D eigenvalue weighted by molar-refractivity contribution is 0.0696. The number of imidazole rings is 2. The molecule has 0 saturated carbocycles. The number of rotatable bonds is 13. The summed E-state index contributed by atoms with van der Waals surface area (Å²) in [5.41, 5.74) is 9.65. The summed E-state index contributed by atoms with van der Waals surface area (Å²) in [5.74, 6) is -1.86. The van der Waals surface area contributed by atoms with E-state index in [-0.39, 0.29) is 17.4 Å². The number of aromatic nitrogens is 8. The zero-order chi connectivity index (χ0) is 34.8. The third-order valence-corrected chi connectivity index (χ3v) is 8.18. The van der Waals surface area contributed by atoms with Crippen molar-refractivity contribution in [3.63, 3.8) is 0 Å². The Balaban J connectivity index is 1.26. The van der Waals surface area contributed by atoms with E-state index in [2.05, 4.69) is 30.8 Å². The van der Waals surface area contributed by atoms with Gasteiger partial charge in [-0.3, -0.25) is 34.4 Å². The quantitative estimate of drug-likeness (QED) is 0.132.